The van der Waals surface area contributed by atoms with Crippen molar-refractivity contribution in [3.63, 3.8) is 0 Å². The van der Waals surface area contributed by atoms with Crippen LogP contribution < -0.4 is 0 Å². The van der Waals surface area contributed by atoms with E-state index in [2.05, 4.69) is 48.1 Å². The molecule has 44 heavy (non-hydrogen) atoms. The minimum Gasteiger partial charge on any atom is -0.481 e. The van der Waals surface area contributed by atoms with Crippen LogP contribution in [0.4, 0.5) is 0 Å². The molecule has 0 unspecified atom stereocenters. The monoisotopic (exact) mass is 618 g/mol. The number of aliphatic hydroxyl groups is 4. The molecular weight excluding hydrogens is 560 g/mol. The summed E-state index contributed by atoms with van der Waals surface area (Å²) in [7, 11) is 0. The largest absolute Gasteiger partial charge is 0.481 e. The van der Waals surface area contributed by atoms with Crippen molar-refractivity contribution in [2.45, 2.75) is 143 Å². The van der Waals surface area contributed by atoms with E-state index in [1.807, 2.05) is 0 Å². The van der Waals surface area contributed by atoms with E-state index in [1.165, 1.54) is 0 Å². The molecule has 6 aliphatic rings. The smallest absolute Gasteiger partial charge is 0.309 e. The molecule has 5 aliphatic carbocycles. The van der Waals surface area contributed by atoms with Crippen LogP contribution in [0.1, 0.15) is 106 Å². The predicted molar refractivity (Wildman–Crippen MR) is 165 cm³/mol. The summed E-state index contributed by atoms with van der Waals surface area (Å²) in [6.07, 6.45) is 3.05. The van der Waals surface area contributed by atoms with E-state index >= 15 is 0 Å². The molecule has 5 N–H and O–H groups in total. The zero-order valence-electron chi connectivity index (χ0n) is 27.8. The van der Waals surface area contributed by atoms with Crippen LogP contribution in [0.25, 0.3) is 0 Å². The zero-order chi connectivity index (χ0) is 32.2. The van der Waals surface area contributed by atoms with Gasteiger partial charge in [-0.05, 0) is 122 Å². The Bertz CT molecular complexity index is 1150. The third-order valence-corrected chi connectivity index (χ3v) is 15.6. The first-order valence-corrected chi connectivity index (χ1v) is 17.3. The quantitative estimate of drug-likeness (QED) is 0.217. The van der Waals surface area contributed by atoms with Crippen LogP contribution in [0.2, 0.25) is 0 Å². The Kier molecular flexibility index (Phi) is 8.03. The molecule has 1 heterocycles. The lowest BCUT2D eigenvalue weighted by atomic mass is 9.32. The molecule has 15 atom stereocenters. The van der Waals surface area contributed by atoms with Gasteiger partial charge in [-0.25, -0.2) is 0 Å². The molecule has 0 aromatic heterocycles. The minimum atomic E-state index is -1.45. The van der Waals surface area contributed by atoms with Gasteiger partial charge in [0.1, 0.15) is 24.4 Å². The zero-order valence-corrected chi connectivity index (χ0v) is 27.8. The molecule has 1 aliphatic heterocycles. The number of rotatable bonds is 5. The Morgan fingerprint density at radius 3 is 2.18 bits per heavy atom. The van der Waals surface area contributed by atoms with Crippen molar-refractivity contribution in [1.82, 2.24) is 0 Å². The number of allylic oxidation sites excluding steroid dienone is 1. The second-order valence-corrected chi connectivity index (χ2v) is 17.3. The highest BCUT2D eigenvalue weighted by Gasteiger charge is 2.72. The number of ether oxygens (including phenoxy) is 2. The highest BCUT2D eigenvalue weighted by atomic mass is 16.7. The van der Waals surface area contributed by atoms with E-state index < -0.39 is 48.7 Å². The van der Waals surface area contributed by atoms with Gasteiger partial charge in [-0.2, -0.15) is 0 Å². The van der Waals surface area contributed by atoms with Crippen molar-refractivity contribution < 1.29 is 39.8 Å². The topological polar surface area (TPSA) is 137 Å². The maximum absolute atomic E-state index is 12.9. The third kappa shape index (κ3) is 4.26. The van der Waals surface area contributed by atoms with Gasteiger partial charge in [-0.1, -0.05) is 46.8 Å². The molecule has 5 saturated carbocycles. The SMILES string of the molecule is C=C(C)[C@@H]1CC[C@]2(C(=O)O)CC[C@]3(C)[C@H](CC[C@@H]4[C@@]5(C)CC[C@H](O[C@H]6O[C@H](CO)[C@@H](O)[C@H](O)[C@@H]6O)C(C)(C)[C@@H]5CC[C@]43C)[C@@H]12. The molecule has 0 spiro atoms. The first-order chi connectivity index (χ1) is 20.5. The molecule has 0 amide bonds. The lowest BCUT2D eigenvalue weighted by Crippen LogP contribution is -2.67. The molecule has 6 fully saturated rings. The van der Waals surface area contributed by atoms with Crippen LogP contribution in [0.5, 0.6) is 0 Å². The van der Waals surface area contributed by atoms with Crippen LogP contribution in [0, 0.1) is 56.7 Å². The normalized spacial score (nSPS) is 54.8. The van der Waals surface area contributed by atoms with Crippen molar-refractivity contribution in [2.24, 2.45) is 56.7 Å². The maximum Gasteiger partial charge on any atom is 0.309 e. The molecule has 8 nitrogen and oxygen atoms in total. The van der Waals surface area contributed by atoms with Crippen LogP contribution >= 0.6 is 0 Å². The van der Waals surface area contributed by atoms with Crippen molar-refractivity contribution in [1.29, 1.82) is 0 Å². The van der Waals surface area contributed by atoms with Crippen molar-refractivity contribution in [3.05, 3.63) is 12.2 Å². The lowest BCUT2D eigenvalue weighted by Gasteiger charge is -2.73. The van der Waals surface area contributed by atoms with Crippen LogP contribution in [0.15, 0.2) is 12.2 Å². The van der Waals surface area contributed by atoms with E-state index in [9.17, 15) is 30.3 Å². The summed E-state index contributed by atoms with van der Waals surface area (Å²) in [6.45, 7) is 18.1. The van der Waals surface area contributed by atoms with Gasteiger partial charge in [-0.15, -0.1) is 0 Å². The van der Waals surface area contributed by atoms with Gasteiger partial charge >= 0.3 is 5.97 Å². The van der Waals surface area contributed by atoms with Crippen molar-refractivity contribution >= 4 is 5.97 Å². The predicted octanol–water partition coefficient (Wildman–Crippen LogP) is 4.91. The fraction of sp³-hybridized carbons (Fsp3) is 0.917. The second kappa shape index (κ2) is 10.7. The van der Waals surface area contributed by atoms with Crippen LogP contribution in [-0.2, 0) is 14.3 Å². The van der Waals surface area contributed by atoms with E-state index in [4.69, 9.17) is 9.47 Å². The first kappa shape index (κ1) is 32.9. The Hall–Kier alpha value is -1.03. The van der Waals surface area contributed by atoms with Gasteiger partial charge in [0.05, 0.1) is 18.1 Å². The highest BCUT2D eigenvalue weighted by Crippen LogP contribution is 2.77. The fourth-order valence-electron chi connectivity index (χ4n) is 13.1. The molecule has 8 heteroatoms. The highest BCUT2D eigenvalue weighted by molar-refractivity contribution is 5.76. The Morgan fingerprint density at radius 2 is 1.55 bits per heavy atom. The maximum atomic E-state index is 12.9. The fourth-order valence-corrected chi connectivity index (χ4v) is 13.1. The van der Waals surface area contributed by atoms with Gasteiger partial charge in [0.15, 0.2) is 6.29 Å². The number of fused-ring (bicyclic) bond motifs is 7. The second-order valence-electron chi connectivity index (χ2n) is 17.3. The van der Waals surface area contributed by atoms with Crippen LogP contribution in [0.3, 0.4) is 0 Å². The number of aliphatic hydroxyl groups excluding tert-OH is 4. The molecule has 0 bridgehead atoms. The molecule has 0 radical (unpaired) electrons. The standard InChI is InChI=1S/C36H58O8/c1-19(2)20-10-15-36(31(41)42)17-16-34(6)21(26(20)36)8-9-24-33(5)13-12-25(32(3,4)23(33)11-14-35(24,34)7)44-30-29(40)28(39)27(38)22(18-37)43-30/h20-30,37-40H,1,8-18H2,2-7H3,(H,41,42)/t20-,21+,22+,23-,24+,25-,26+,27+,28-,29-,30+,33-,34+,35+,36-/m0/s1. The van der Waals surface area contributed by atoms with Crippen LogP contribution in [-0.4, -0.2) is 74.9 Å². The average Bonchev–Trinajstić information content (AvgIpc) is 3.36. The number of hydrogen-bond donors (Lipinski definition) is 5. The van der Waals surface area contributed by atoms with E-state index in [-0.39, 0.29) is 39.6 Å². The Morgan fingerprint density at radius 1 is 0.841 bits per heavy atom. The van der Waals surface area contributed by atoms with Gasteiger partial charge < -0.3 is 35.0 Å². The van der Waals surface area contributed by atoms with Gasteiger partial charge in [-0.3, -0.25) is 4.79 Å². The number of carboxylic acid groups (broad SMARTS) is 1. The summed E-state index contributed by atoms with van der Waals surface area (Å²) in [5.41, 5.74) is 0.579. The number of hydrogen-bond acceptors (Lipinski definition) is 7. The van der Waals surface area contributed by atoms with Gasteiger partial charge in [0, 0.05) is 0 Å². The molecule has 6 rings (SSSR count). The van der Waals surface area contributed by atoms with E-state index in [0.717, 1.165) is 69.8 Å². The summed E-state index contributed by atoms with van der Waals surface area (Å²) < 4.78 is 12.2. The summed E-state index contributed by atoms with van der Waals surface area (Å²) >= 11 is 0. The molecule has 1 saturated heterocycles. The Labute approximate surface area is 263 Å². The van der Waals surface area contributed by atoms with Crippen molar-refractivity contribution in [3.8, 4) is 0 Å². The minimum absolute atomic E-state index is 0.0688. The summed E-state index contributed by atoms with van der Waals surface area (Å²) in [4.78, 5) is 12.9. The van der Waals surface area contributed by atoms with Gasteiger partial charge in [0.25, 0.3) is 0 Å². The number of aliphatic carboxylic acids is 1. The lowest BCUT2D eigenvalue weighted by molar-refractivity contribution is -0.331. The van der Waals surface area contributed by atoms with E-state index in [0.29, 0.717) is 17.8 Å². The summed E-state index contributed by atoms with van der Waals surface area (Å²) in [5.74, 6) is 1.15. The molecule has 250 valence electrons. The third-order valence-electron chi connectivity index (χ3n) is 15.6. The average molecular weight is 619 g/mol. The summed E-state index contributed by atoms with van der Waals surface area (Å²) in [6, 6.07) is 0. The Balaban J connectivity index is 1.27. The molecule has 0 aromatic rings. The van der Waals surface area contributed by atoms with Gasteiger partial charge in [0.2, 0.25) is 0 Å². The summed E-state index contributed by atoms with van der Waals surface area (Å²) in [5, 5.41) is 51.7. The van der Waals surface area contributed by atoms with E-state index in [1.54, 1.807) is 0 Å². The number of carboxylic acids is 1. The molecular formula is C36H58O8. The van der Waals surface area contributed by atoms with Crippen molar-refractivity contribution in [2.75, 3.05) is 6.61 Å². The molecule has 0 aromatic carbocycles. The first-order valence-electron chi connectivity index (χ1n) is 17.3. The number of carbonyl (C=O) groups is 1.